The fourth-order valence-corrected chi connectivity index (χ4v) is 5.63. The number of fused-ring (bicyclic) bond motifs is 1. The van der Waals surface area contributed by atoms with Crippen LogP contribution in [0.1, 0.15) is 33.6 Å². The van der Waals surface area contributed by atoms with Crippen LogP contribution in [0.5, 0.6) is 0 Å². The minimum atomic E-state index is -3.69. The summed E-state index contributed by atoms with van der Waals surface area (Å²) in [7, 11) is -3.69. The number of benzene rings is 3. The van der Waals surface area contributed by atoms with Gasteiger partial charge >= 0.3 is 0 Å². The molecule has 3 aromatic carbocycles. The lowest BCUT2D eigenvalue weighted by Gasteiger charge is -2.17. The molecule has 0 aliphatic rings. The van der Waals surface area contributed by atoms with Gasteiger partial charge in [0.25, 0.3) is 10.0 Å². The number of nitrogens with one attached hydrogen (secondary N) is 2. The minimum Gasteiger partial charge on any atom is -0.342 e. The van der Waals surface area contributed by atoms with Crippen molar-refractivity contribution in [1.29, 1.82) is 0 Å². The van der Waals surface area contributed by atoms with Crippen LogP contribution in [0.25, 0.3) is 11.0 Å². The highest BCUT2D eigenvalue weighted by Crippen LogP contribution is 2.28. The zero-order chi connectivity index (χ0) is 22.2. The number of rotatable bonds is 6. The van der Waals surface area contributed by atoms with Gasteiger partial charge in [-0.15, -0.1) is 0 Å². The summed E-state index contributed by atoms with van der Waals surface area (Å²) in [5, 5.41) is 0. The fourth-order valence-electron chi connectivity index (χ4n) is 3.97. The molecule has 0 spiro atoms. The van der Waals surface area contributed by atoms with Crippen molar-refractivity contribution < 1.29 is 8.42 Å². The van der Waals surface area contributed by atoms with E-state index in [0.717, 1.165) is 57.5 Å². The third-order valence-corrected chi connectivity index (χ3v) is 7.49. The van der Waals surface area contributed by atoms with Crippen molar-refractivity contribution >= 4 is 26.7 Å². The monoisotopic (exact) mass is 433 g/mol. The Morgan fingerprint density at radius 3 is 2.29 bits per heavy atom. The van der Waals surface area contributed by atoms with E-state index in [1.165, 1.54) is 0 Å². The topological polar surface area (TPSA) is 74.8 Å². The molecule has 2 N–H and O–H groups in total. The minimum absolute atomic E-state index is 0.373. The number of H-pyrrole nitrogens is 1. The second-order valence-corrected chi connectivity index (χ2v) is 9.72. The highest BCUT2D eigenvalue weighted by molar-refractivity contribution is 7.92. The van der Waals surface area contributed by atoms with Gasteiger partial charge in [-0.05, 0) is 86.2 Å². The number of sulfonamides is 1. The van der Waals surface area contributed by atoms with E-state index in [9.17, 15) is 8.42 Å². The molecule has 0 aliphatic heterocycles. The quantitative estimate of drug-likeness (QED) is 0.428. The molecule has 6 heteroatoms. The van der Waals surface area contributed by atoms with Crippen LogP contribution in [0, 0.1) is 27.7 Å². The molecule has 1 heterocycles. The molecule has 4 aromatic rings. The maximum atomic E-state index is 13.2. The van der Waals surface area contributed by atoms with E-state index in [2.05, 4.69) is 14.7 Å². The van der Waals surface area contributed by atoms with Gasteiger partial charge < -0.3 is 4.98 Å². The summed E-state index contributed by atoms with van der Waals surface area (Å²) < 4.78 is 29.2. The van der Waals surface area contributed by atoms with Gasteiger partial charge in [0.2, 0.25) is 0 Å². The van der Waals surface area contributed by atoms with Gasteiger partial charge in [-0.3, -0.25) is 4.72 Å². The van der Waals surface area contributed by atoms with Gasteiger partial charge in [-0.1, -0.05) is 30.3 Å². The summed E-state index contributed by atoms with van der Waals surface area (Å²) in [6.45, 7) is 7.61. The van der Waals surface area contributed by atoms with E-state index in [1.54, 1.807) is 6.07 Å². The second-order valence-electron chi connectivity index (χ2n) is 8.10. The highest BCUT2D eigenvalue weighted by Gasteiger charge is 2.22. The van der Waals surface area contributed by atoms with Crippen LogP contribution >= 0.6 is 0 Å². The first-order valence-corrected chi connectivity index (χ1v) is 11.9. The largest absolute Gasteiger partial charge is 0.342 e. The molecule has 0 bridgehead atoms. The maximum Gasteiger partial charge on any atom is 0.262 e. The Bertz CT molecular complexity index is 1310. The molecule has 31 heavy (non-hydrogen) atoms. The first-order valence-electron chi connectivity index (χ1n) is 10.4. The van der Waals surface area contributed by atoms with Gasteiger partial charge in [0, 0.05) is 12.1 Å². The molecule has 0 amide bonds. The fraction of sp³-hybridized carbons (Fsp3) is 0.240. The second kappa shape index (κ2) is 8.19. The van der Waals surface area contributed by atoms with Crippen LogP contribution in [0.2, 0.25) is 0 Å². The Kier molecular flexibility index (Phi) is 5.58. The SMILES string of the molecule is Cc1cc(C)c(C)c(S(=O)(=O)Nc2cccc(CCc3nc4ccccc4[nH]3)c2)c1C. The van der Waals surface area contributed by atoms with E-state index in [4.69, 9.17) is 0 Å². The van der Waals surface area contributed by atoms with Crippen molar-refractivity contribution in [3.8, 4) is 0 Å². The summed E-state index contributed by atoms with van der Waals surface area (Å²) in [5.41, 5.74) is 7.13. The van der Waals surface area contributed by atoms with E-state index >= 15 is 0 Å². The molecule has 0 saturated carbocycles. The zero-order valence-electron chi connectivity index (χ0n) is 18.3. The lowest BCUT2D eigenvalue weighted by Crippen LogP contribution is -2.17. The van der Waals surface area contributed by atoms with Crippen molar-refractivity contribution in [2.75, 3.05) is 4.72 Å². The average molecular weight is 434 g/mol. The molecule has 4 rings (SSSR count). The summed E-state index contributed by atoms with van der Waals surface area (Å²) >= 11 is 0. The number of anilines is 1. The van der Waals surface area contributed by atoms with E-state index in [-0.39, 0.29) is 0 Å². The van der Waals surface area contributed by atoms with E-state index in [0.29, 0.717) is 10.6 Å². The van der Waals surface area contributed by atoms with E-state index < -0.39 is 10.0 Å². The van der Waals surface area contributed by atoms with Gasteiger partial charge in [-0.25, -0.2) is 13.4 Å². The number of aromatic amines is 1. The Hall–Kier alpha value is -3.12. The summed E-state index contributed by atoms with van der Waals surface area (Å²) in [4.78, 5) is 8.33. The number of para-hydroxylation sites is 2. The van der Waals surface area contributed by atoms with Crippen LogP contribution in [-0.4, -0.2) is 18.4 Å². The lowest BCUT2D eigenvalue weighted by molar-refractivity contribution is 0.599. The molecular formula is C25H27N3O2S. The van der Waals surface area contributed by atoms with Crippen LogP contribution in [0.3, 0.4) is 0 Å². The molecule has 0 fully saturated rings. The van der Waals surface area contributed by atoms with Crippen molar-refractivity contribution in [3.63, 3.8) is 0 Å². The average Bonchev–Trinajstić information content (AvgIpc) is 3.14. The number of nitrogens with zero attached hydrogens (tertiary/aromatic N) is 1. The van der Waals surface area contributed by atoms with Crippen molar-refractivity contribution in [2.24, 2.45) is 0 Å². The number of aromatic nitrogens is 2. The normalized spacial score (nSPS) is 11.7. The maximum absolute atomic E-state index is 13.2. The van der Waals surface area contributed by atoms with Crippen molar-refractivity contribution in [1.82, 2.24) is 9.97 Å². The van der Waals surface area contributed by atoms with Crippen molar-refractivity contribution in [2.45, 2.75) is 45.4 Å². The predicted molar refractivity (Wildman–Crippen MR) is 126 cm³/mol. The standard InChI is InChI=1S/C25H27N3O2S/c1-16-14-17(2)19(4)25(18(16)3)31(29,30)28-21-9-7-8-20(15-21)12-13-24-26-22-10-5-6-11-23(22)27-24/h5-11,14-15,28H,12-13H2,1-4H3,(H,26,27). The molecule has 0 atom stereocenters. The Labute approximate surface area is 183 Å². The van der Waals surface area contributed by atoms with E-state index in [1.807, 2.05) is 76.2 Å². The third kappa shape index (κ3) is 4.35. The molecular weight excluding hydrogens is 406 g/mol. The van der Waals surface area contributed by atoms with Crippen LogP contribution < -0.4 is 4.72 Å². The zero-order valence-corrected chi connectivity index (χ0v) is 19.1. The molecule has 0 radical (unpaired) electrons. The predicted octanol–water partition coefficient (Wildman–Crippen LogP) is 5.38. The number of imidazole rings is 1. The summed E-state index contributed by atoms with van der Waals surface area (Å²) in [5.74, 6) is 0.925. The summed E-state index contributed by atoms with van der Waals surface area (Å²) in [6.07, 6.45) is 1.51. The van der Waals surface area contributed by atoms with Gasteiger partial charge in [0.05, 0.1) is 15.9 Å². The number of hydrogen-bond donors (Lipinski definition) is 2. The summed E-state index contributed by atoms with van der Waals surface area (Å²) in [6, 6.07) is 17.6. The smallest absolute Gasteiger partial charge is 0.262 e. The van der Waals surface area contributed by atoms with Crippen molar-refractivity contribution in [3.05, 3.63) is 88.2 Å². The Balaban J connectivity index is 1.54. The molecule has 0 saturated heterocycles. The van der Waals surface area contributed by atoms with Gasteiger partial charge in [-0.2, -0.15) is 0 Å². The van der Waals surface area contributed by atoms with Gasteiger partial charge in [0.15, 0.2) is 0 Å². The number of hydrogen-bond acceptors (Lipinski definition) is 3. The molecule has 1 aromatic heterocycles. The highest BCUT2D eigenvalue weighted by atomic mass is 32.2. The lowest BCUT2D eigenvalue weighted by atomic mass is 10.0. The van der Waals surface area contributed by atoms with Crippen LogP contribution in [-0.2, 0) is 22.9 Å². The molecule has 0 aliphatic carbocycles. The third-order valence-electron chi connectivity index (χ3n) is 5.83. The van der Waals surface area contributed by atoms with Crippen LogP contribution in [0.4, 0.5) is 5.69 Å². The number of aryl methyl sites for hydroxylation is 4. The molecule has 0 unspecified atom stereocenters. The first-order chi connectivity index (χ1) is 14.7. The Morgan fingerprint density at radius 2 is 1.58 bits per heavy atom. The van der Waals surface area contributed by atoms with Gasteiger partial charge in [0.1, 0.15) is 5.82 Å². The Morgan fingerprint density at radius 1 is 0.871 bits per heavy atom. The molecule has 160 valence electrons. The molecule has 5 nitrogen and oxygen atoms in total. The van der Waals surface area contributed by atoms with Crippen LogP contribution in [0.15, 0.2) is 59.5 Å². The first kappa shape index (κ1) is 21.1.